The van der Waals surface area contributed by atoms with E-state index < -0.39 is 6.09 Å². The average molecular weight is 429 g/mol. The number of likely N-dealkylation sites (tertiary alicyclic amines) is 1. The van der Waals surface area contributed by atoms with Gasteiger partial charge in [-0.15, -0.1) is 0 Å². The number of hydrogen-bond donors (Lipinski definition) is 3. The van der Waals surface area contributed by atoms with Crippen LogP contribution in [0.1, 0.15) is 23.7 Å². The van der Waals surface area contributed by atoms with E-state index in [4.69, 9.17) is 31.5 Å². The second kappa shape index (κ2) is 11.1. The van der Waals surface area contributed by atoms with Crippen molar-refractivity contribution < 1.29 is 23.8 Å². The van der Waals surface area contributed by atoms with Gasteiger partial charge < -0.3 is 30.6 Å². The molecule has 162 valence electrons. The Morgan fingerprint density at radius 2 is 2.10 bits per heavy atom. The fourth-order valence-electron chi connectivity index (χ4n) is 3.25. The normalized spacial score (nSPS) is 19.4. The lowest BCUT2D eigenvalue weighted by atomic mass is 10.0. The summed E-state index contributed by atoms with van der Waals surface area (Å²) >= 11 is 6.06. The van der Waals surface area contributed by atoms with E-state index in [0.717, 1.165) is 6.54 Å². The van der Waals surface area contributed by atoms with Gasteiger partial charge in [0.1, 0.15) is 5.75 Å². The van der Waals surface area contributed by atoms with Crippen molar-refractivity contribution in [2.75, 3.05) is 52.7 Å². The number of anilines is 1. The number of carbonyl (C=O) groups is 2. The molecule has 0 saturated carbocycles. The zero-order chi connectivity index (χ0) is 21.4. The molecule has 0 bridgehead atoms. The molecule has 1 fully saturated rings. The molecule has 0 radical (unpaired) electrons. The third-order valence-electron chi connectivity index (χ3n) is 4.80. The van der Waals surface area contributed by atoms with Crippen LogP contribution >= 0.6 is 11.6 Å². The average Bonchev–Trinajstić information content (AvgIpc) is 2.70. The number of rotatable bonds is 8. The molecule has 1 saturated heterocycles. The summed E-state index contributed by atoms with van der Waals surface area (Å²) in [4.78, 5) is 26.3. The number of alkyl carbamates (subject to hydrolysis) is 1. The molecule has 0 unspecified atom stereocenters. The minimum absolute atomic E-state index is 0.164. The van der Waals surface area contributed by atoms with Crippen LogP contribution in [0.4, 0.5) is 10.5 Å². The van der Waals surface area contributed by atoms with Crippen LogP contribution in [0.15, 0.2) is 12.1 Å². The maximum Gasteiger partial charge on any atom is 0.407 e. The first kappa shape index (κ1) is 23.1. The fraction of sp³-hybridized carbons (Fsp3) is 0.579. The van der Waals surface area contributed by atoms with Gasteiger partial charge in [-0.2, -0.15) is 0 Å². The maximum absolute atomic E-state index is 12.8. The number of hydrogen-bond acceptors (Lipinski definition) is 7. The topological polar surface area (TPSA) is 115 Å². The van der Waals surface area contributed by atoms with Crippen molar-refractivity contribution in [1.82, 2.24) is 15.5 Å². The zero-order valence-corrected chi connectivity index (χ0v) is 17.8. The van der Waals surface area contributed by atoms with Gasteiger partial charge in [-0.05, 0) is 19.4 Å². The molecular formula is C19H29ClN4O5. The van der Waals surface area contributed by atoms with Crippen molar-refractivity contribution in [2.45, 2.75) is 25.5 Å². The highest BCUT2D eigenvalue weighted by Gasteiger charge is 2.31. The molecule has 2 rings (SSSR count). The van der Waals surface area contributed by atoms with Crippen molar-refractivity contribution in [3.05, 3.63) is 22.7 Å². The molecule has 29 heavy (non-hydrogen) atoms. The summed E-state index contributed by atoms with van der Waals surface area (Å²) in [5.41, 5.74) is 6.45. The number of nitrogens with zero attached hydrogens (tertiary/aromatic N) is 1. The minimum atomic E-state index is -0.422. The Kier molecular flexibility index (Phi) is 8.81. The largest absolute Gasteiger partial charge is 0.496 e. The number of amides is 2. The van der Waals surface area contributed by atoms with Gasteiger partial charge in [0.2, 0.25) is 0 Å². The second-order valence-corrected chi connectivity index (χ2v) is 7.07. The Balaban J connectivity index is 1.93. The SMILES string of the molecule is CCOC(=O)NCCN1CC[C@@H](NC(=O)c2cc(Cl)c(N)cc2OC)[C@@H](OC)C1. The van der Waals surface area contributed by atoms with E-state index in [0.29, 0.717) is 54.7 Å². The Bertz CT molecular complexity index is 718. The van der Waals surface area contributed by atoms with Gasteiger partial charge >= 0.3 is 6.09 Å². The van der Waals surface area contributed by atoms with Crippen LogP contribution in [0.2, 0.25) is 5.02 Å². The maximum atomic E-state index is 12.8. The molecule has 2 amide bonds. The third-order valence-corrected chi connectivity index (χ3v) is 5.13. The lowest BCUT2D eigenvalue weighted by molar-refractivity contribution is 0.00676. The fourth-order valence-corrected chi connectivity index (χ4v) is 3.41. The quantitative estimate of drug-likeness (QED) is 0.537. The van der Waals surface area contributed by atoms with Crippen LogP contribution in [0.5, 0.6) is 5.75 Å². The predicted molar refractivity (Wildman–Crippen MR) is 111 cm³/mol. The van der Waals surface area contributed by atoms with Gasteiger partial charge in [-0.3, -0.25) is 9.69 Å². The van der Waals surface area contributed by atoms with Gasteiger partial charge in [0.25, 0.3) is 5.91 Å². The molecule has 1 aliphatic heterocycles. The van der Waals surface area contributed by atoms with Crippen LogP contribution in [0.3, 0.4) is 0 Å². The molecule has 10 heteroatoms. The molecule has 0 aliphatic carbocycles. The van der Waals surface area contributed by atoms with E-state index >= 15 is 0 Å². The number of ether oxygens (including phenoxy) is 3. The summed E-state index contributed by atoms with van der Waals surface area (Å²) in [6, 6.07) is 2.87. The first-order chi connectivity index (χ1) is 13.9. The van der Waals surface area contributed by atoms with E-state index in [1.807, 2.05) is 0 Å². The summed E-state index contributed by atoms with van der Waals surface area (Å²) in [5.74, 6) is 0.0640. The van der Waals surface area contributed by atoms with Crippen molar-refractivity contribution in [3.8, 4) is 5.75 Å². The Labute approximate surface area is 175 Å². The molecule has 0 spiro atoms. The van der Waals surface area contributed by atoms with Gasteiger partial charge in [0.05, 0.1) is 42.1 Å². The Morgan fingerprint density at radius 3 is 2.76 bits per heavy atom. The second-order valence-electron chi connectivity index (χ2n) is 6.66. The van der Waals surface area contributed by atoms with Crippen LogP contribution in [-0.2, 0) is 9.47 Å². The molecule has 2 atom stereocenters. The molecule has 1 aliphatic rings. The Morgan fingerprint density at radius 1 is 1.34 bits per heavy atom. The van der Waals surface area contributed by atoms with Gasteiger partial charge in [0, 0.05) is 39.4 Å². The highest BCUT2D eigenvalue weighted by Crippen LogP contribution is 2.29. The smallest absolute Gasteiger partial charge is 0.407 e. The molecule has 1 aromatic rings. The molecule has 1 heterocycles. The highest BCUT2D eigenvalue weighted by atomic mass is 35.5. The van der Waals surface area contributed by atoms with E-state index in [-0.39, 0.29) is 18.1 Å². The first-order valence-corrected chi connectivity index (χ1v) is 9.87. The van der Waals surface area contributed by atoms with Crippen molar-refractivity contribution in [3.63, 3.8) is 0 Å². The van der Waals surface area contributed by atoms with Crippen molar-refractivity contribution in [2.24, 2.45) is 0 Å². The summed E-state index contributed by atoms with van der Waals surface area (Å²) in [6.45, 7) is 4.64. The number of piperidine rings is 1. The number of methoxy groups -OCH3 is 2. The number of benzene rings is 1. The van der Waals surface area contributed by atoms with E-state index in [2.05, 4.69) is 15.5 Å². The van der Waals surface area contributed by atoms with Crippen LogP contribution in [0, 0.1) is 0 Å². The number of carbonyl (C=O) groups excluding carboxylic acids is 2. The Hall–Kier alpha value is -2.23. The molecular weight excluding hydrogens is 400 g/mol. The van der Waals surface area contributed by atoms with E-state index in [1.54, 1.807) is 14.0 Å². The van der Waals surface area contributed by atoms with Gasteiger partial charge in [-0.1, -0.05) is 11.6 Å². The van der Waals surface area contributed by atoms with Crippen molar-refractivity contribution >= 4 is 29.3 Å². The van der Waals surface area contributed by atoms with E-state index in [9.17, 15) is 9.59 Å². The molecule has 4 N–H and O–H groups in total. The zero-order valence-electron chi connectivity index (χ0n) is 17.0. The summed E-state index contributed by atoms with van der Waals surface area (Å²) in [6.07, 6.45) is 0.0916. The summed E-state index contributed by atoms with van der Waals surface area (Å²) in [7, 11) is 3.09. The van der Waals surface area contributed by atoms with Crippen LogP contribution in [-0.4, -0.2) is 76.1 Å². The number of nitrogens with one attached hydrogen (secondary N) is 2. The number of nitrogens with two attached hydrogens (primary N) is 1. The summed E-state index contributed by atoms with van der Waals surface area (Å²) < 4.78 is 15.7. The number of halogens is 1. The molecule has 9 nitrogen and oxygen atoms in total. The monoisotopic (exact) mass is 428 g/mol. The van der Waals surface area contributed by atoms with Gasteiger partial charge in [-0.25, -0.2) is 4.79 Å². The van der Waals surface area contributed by atoms with Crippen LogP contribution in [0.25, 0.3) is 0 Å². The van der Waals surface area contributed by atoms with Crippen molar-refractivity contribution in [1.29, 1.82) is 0 Å². The third kappa shape index (κ3) is 6.38. The highest BCUT2D eigenvalue weighted by molar-refractivity contribution is 6.33. The first-order valence-electron chi connectivity index (χ1n) is 9.49. The summed E-state index contributed by atoms with van der Waals surface area (Å²) in [5, 5.41) is 6.01. The van der Waals surface area contributed by atoms with E-state index in [1.165, 1.54) is 19.2 Å². The standard InChI is InChI=1S/C19H29ClN4O5/c1-4-29-19(26)22-6-8-24-7-5-15(17(11-24)28-3)23-18(25)12-9-13(20)14(21)10-16(12)27-2/h9-10,15,17H,4-8,11,21H2,1-3H3,(H,22,26)(H,23,25)/t15-,17+/m1/s1. The minimum Gasteiger partial charge on any atom is -0.496 e. The molecule has 0 aromatic heterocycles. The lowest BCUT2D eigenvalue weighted by Crippen LogP contribution is -2.55. The predicted octanol–water partition coefficient (Wildman–Crippen LogP) is 1.50. The van der Waals surface area contributed by atoms with Crippen LogP contribution < -0.4 is 21.1 Å². The number of nitrogen functional groups attached to an aromatic ring is 1. The lowest BCUT2D eigenvalue weighted by Gasteiger charge is -2.38. The van der Waals surface area contributed by atoms with Gasteiger partial charge in [0.15, 0.2) is 0 Å². The molecule has 1 aromatic carbocycles.